The molecular weight excluding hydrogens is 502 g/mol. The van der Waals surface area contributed by atoms with E-state index in [-0.39, 0.29) is 29.3 Å². The van der Waals surface area contributed by atoms with E-state index in [0.29, 0.717) is 19.5 Å². The second kappa shape index (κ2) is 10.3. The molecule has 0 radical (unpaired) electrons. The van der Waals surface area contributed by atoms with Crippen molar-refractivity contribution in [3.05, 3.63) is 33.7 Å². The van der Waals surface area contributed by atoms with E-state index in [0.717, 1.165) is 0 Å². The third kappa shape index (κ3) is 4.87. The Labute approximate surface area is 201 Å². The molecule has 0 amide bonds. The minimum atomic E-state index is -5.45. The number of benzene rings is 1. The van der Waals surface area contributed by atoms with E-state index in [1.165, 1.54) is 7.11 Å². The average Bonchev–Trinajstić information content (AvgIpc) is 2.81. The number of ether oxygens (including phenoxy) is 1. The van der Waals surface area contributed by atoms with Crippen LogP contribution in [0.25, 0.3) is 22.2 Å². The lowest BCUT2D eigenvalue weighted by molar-refractivity contribution is -0.139. The molecule has 2 aromatic heterocycles. The molecule has 3 aromatic rings. The van der Waals surface area contributed by atoms with Gasteiger partial charge in [-0.05, 0) is 13.5 Å². The maximum absolute atomic E-state index is 15.8. The van der Waals surface area contributed by atoms with Gasteiger partial charge in [0.1, 0.15) is 22.6 Å². The molecule has 3 rings (SSSR count). The van der Waals surface area contributed by atoms with Crippen LogP contribution in [0.4, 0.5) is 37.8 Å². The summed E-state index contributed by atoms with van der Waals surface area (Å²) in [5, 5.41) is 4.97. The summed E-state index contributed by atoms with van der Waals surface area (Å²) in [6, 6.07) is -0.283. The summed E-state index contributed by atoms with van der Waals surface area (Å²) in [6.07, 6.45) is -4.83. The molecule has 0 saturated heterocycles. The third-order valence-electron chi connectivity index (χ3n) is 5.05. The van der Waals surface area contributed by atoms with Gasteiger partial charge in [0.2, 0.25) is 0 Å². The van der Waals surface area contributed by atoms with Crippen LogP contribution in [0, 0.1) is 17.5 Å². The maximum Gasteiger partial charge on any atom is 0.420 e. The van der Waals surface area contributed by atoms with Crippen molar-refractivity contribution in [2.75, 3.05) is 38.3 Å². The molecule has 190 valence electrons. The number of rotatable bonds is 8. The minimum absolute atomic E-state index is 0.102. The number of halogens is 7. The van der Waals surface area contributed by atoms with E-state index in [9.17, 15) is 22.0 Å². The van der Waals surface area contributed by atoms with Gasteiger partial charge in [-0.25, -0.2) is 18.2 Å². The summed E-state index contributed by atoms with van der Waals surface area (Å²) in [5.41, 5.74) is -0.372. The van der Waals surface area contributed by atoms with Gasteiger partial charge in [-0.3, -0.25) is 0 Å². The Hall–Kier alpha value is -3.06. The van der Waals surface area contributed by atoms with Gasteiger partial charge in [0.15, 0.2) is 17.5 Å². The lowest BCUT2D eigenvalue weighted by Crippen LogP contribution is -2.19. The van der Waals surface area contributed by atoms with Crippen molar-refractivity contribution in [1.82, 2.24) is 20.3 Å². The zero-order valence-corrected chi connectivity index (χ0v) is 19.6. The number of pyridine rings is 1. The topological polar surface area (TPSA) is 98.0 Å². The van der Waals surface area contributed by atoms with Crippen molar-refractivity contribution < 1.29 is 31.1 Å². The first-order valence-corrected chi connectivity index (χ1v) is 10.7. The molecule has 1 aromatic carbocycles. The first-order chi connectivity index (χ1) is 16.5. The van der Waals surface area contributed by atoms with Crippen LogP contribution in [0.1, 0.15) is 24.6 Å². The van der Waals surface area contributed by atoms with Gasteiger partial charge in [-0.2, -0.15) is 23.1 Å². The van der Waals surface area contributed by atoms with Crippen LogP contribution in [0.2, 0.25) is 5.02 Å². The Kier molecular flexibility index (Phi) is 7.80. The number of anilines is 2. The number of hydrogen-bond donors (Lipinski definition) is 3. The number of aromatic nitrogens is 3. The van der Waals surface area contributed by atoms with Gasteiger partial charge in [-0.1, -0.05) is 24.9 Å². The fourth-order valence-corrected chi connectivity index (χ4v) is 3.77. The van der Waals surface area contributed by atoms with Crippen molar-refractivity contribution >= 4 is 34.0 Å². The standard InChI is InChI=1S/C21H21ClF6N6O/c1-4-5-8-9-17(33-20(35-3)34-19(9)31-7-6-30-2)15(25)18(32-8)10-11(21(26,27)28)13(23)14(24)16(29)12(10)22/h30H,4-7,29H2,1-3H3,(H,31,33,34). The van der Waals surface area contributed by atoms with Crippen molar-refractivity contribution in [1.29, 1.82) is 0 Å². The Bertz CT molecular complexity index is 1270. The first kappa shape index (κ1) is 26.5. The molecule has 0 spiro atoms. The van der Waals surface area contributed by atoms with Gasteiger partial charge in [-0.15, -0.1) is 0 Å². The van der Waals surface area contributed by atoms with Crippen LogP contribution in [0.3, 0.4) is 0 Å². The number of fused-ring (bicyclic) bond motifs is 1. The number of alkyl halides is 3. The molecule has 7 nitrogen and oxygen atoms in total. The smallest absolute Gasteiger partial charge is 0.420 e. The fraction of sp³-hybridized carbons (Fsp3) is 0.381. The summed E-state index contributed by atoms with van der Waals surface area (Å²) in [5.74, 6) is -5.55. The summed E-state index contributed by atoms with van der Waals surface area (Å²) in [6.45, 7) is 2.62. The van der Waals surface area contributed by atoms with Gasteiger partial charge in [0, 0.05) is 18.7 Å². The SMILES string of the molecule is CCCc1nc(-c2c(Cl)c(N)c(F)c(F)c2C(F)(F)F)c(F)c2nc(OC)nc(NCCNC)c12. The van der Waals surface area contributed by atoms with Gasteiger partial charge < -0.3 is 21.1 Å². The number of likely N-dealkylation sites (N-methyl/N-ethyl adjacent to an activating group) is 1. The van der Waals surface area contributed by atoms with E-state index >= 15 is 4.39 Å². The lowest BCUT2D eigenvalue weighted by Gasteiger charge is -2.20. The molecule has 0 atom stereocenters. The van der Waals surface area contributed by atoms with E-state index in [1.54, 1.807) is 14.0 Å². The Morgan fingerprint density at radius 3 is 2.29 bits per heavy atom. The molecule has 0 fully saturated rings. The van der Waals surface area contributed by atoms with Gasteiger partial charge in [0.25, 0.3) is 0 Å². The molecule has 0 unspecified atom stereocenters. The van der Waals surface area contributed by atoms with Crippen LogP contribution < -0.4 is 21.1 Å². The van der Waals surface area contributed by atoms with Gasteiger partial charge >= 0.3 is 12.2 Å². The monoisotopic (exact) mass is 522 g/mol. The second-order valence-corrected chi connectivity index (χ2v) is 7.77. The highest BCUT2D eigenvalue weighted by molar-refractivity contribution is 6.36. The van der Waals surface area contributed by atoms with E-state index in [1.807, 2.05) is 0 Å². The number of nitrogens with one attached hydrogen (secondary N) is 2. The predicted octanol–water partition coefficient (Wildman–Crippen LogP) is 4.96. The fourth-order valence-electron chi connectivity index (χ4n) is 3.50. The van der Waals surface area contributed by atoms with Crippen LogP contribution in [-0.2, 0) is 12.6 Å². The molecule has 4 N–H and O–H groups in total. The molecule has 0 saturated carbocycles. The van der Waals surface area contributed by atoms with E-state index in [4.69, 9.17) is 22.1 Å². The lowest BCUT2D eigenvalue weighted by atomic mass is 9.98. The summed E-state index contributed by atoms with van der Waals surface area (Å²) < 4.78 is 90.9. The quantitative estimate of drug-likeness (QED) is 0.166. The zero-order chi connectivity index (χ0) is 26.1. The zero-order valence-electron chi connectivity index (χ0n) is 18.8. The highest BCUT2D eigenvalue weighted by Gasteiger charge is 2.42. The van der Waals surface area contributed by atoms with Gasteiger partial charge in [0.05, 0.1) is 28.9 Å². The molecule has 2 heterocycles. The third-order valence-corrected chi connectivity index (χ3v) is 5.44. The van der Waals surface area contributed by atoms with Crippen LogP contribution in [0.5, 0.6) is 6.01 Å². The molecule has 0 aliphatic rings. The van der Waals surface area contributed by atoms with Crippen LogP contribution in [-0.4, -0.2) is 42.2 Å². The predicted molar refractivity (Wildman–Crippen MR) is 120 cm³/mol. The Morgan fingerprint density at radius 2 is 1.71 bits per heavy atom. The van der Waals surface area contributed by atoms with E-state index < -0.39 is 56.7 Å². The Morgan fingerprint density at radius 1 is 1.03 bits per heavy atom. The largest absolute Gasteiger partial charge is 0.467 e. The molecule has 35 heavy (non-hydrogen) atoms. The molecule has 0 bridgehead atoms. The summed E-state index contributed by atoms with van der Waals surface area (Å²) in [4.78, 5) is 12.2. The van der Waals surface area contributed by atoms with Crippen molar-refractivity contribution in [3.63, 3.8) is 0 Å². The molecule has 14 heteroatoms. The molecule has 0 aliphatic carbocycles. The average molecular weight is 523 g/mol. The minimum Gasteiger partial charge on any atom is -0.467 e. The first-order valence-electron chi connectivity index (χ1n) is 10.3. The second-order valence-electron chi connectivity index (χ2n) is 7.39. The summed E-state index contributed by atoms with van der Waals surface area (Å²) in [7, 11) is 2.94. The Balaban J connectivity index is 2.49. The highest BCUT2D eigenvalue weighted by atomic mass is 35.5. The number of nitrogens with two attached hydrogens (primary N) is 1. The highest BCUT2D eigenvalue weighted by Crippen LogP contribution is 2.47. The van der Waals surface area contributed by atoms with Crippen LogP contribution in [0.15, 0.2) is 0 Å². The number of aryl methyl sites for hydroxylation is 1. The van der Waals surface area contributed by atoms with Crippen molar-refractivity contribution in [2.45, 2.75) is 25.9 Å². The molecular formula is C21H21ClF6N6O. The number of methoxy groups -OCH3 is 1. The van der Waals surface area contributed by atoms with E-state index in [2.05, 4.69) is 25.6 Å². The van der Waals surface area contributed by atoms with Crippen LogP contribution >= 0.6 is 11.6 Å². The summed E-state index contributed by atoms with van der Waals surface area (Å²) >= 11 is 5.93. The van der Waals surface area contributed by atoms with Crippen molar-refractivity contribution in [3.8, 4) is 17.3 Å². The molecule has 0 aliphatic heterocycles. The number of nitrogens with zero attached hydrogens (tertiary/aromatic N) is 3. The number of hydrogen-bond acceptors (Lipinski definition) is 7. The maximum atomic E-state index is 15.8. The van der Waals surface area contributed by atoms with Crippen molar-refractivity contribution in [2.24, 2.45) is 0 Å². The number of nitrogen functional groups attached to an aromatic ring is 1. The normalized spacial score (nSPS) is 11.8.